The summed E-state index contributed by atoms with van der Waals surface area (Å²) in [5.41, 5.74) is 7.18. The lowest BCUT2D eigenvalue weighted by molar-refractivity contribution is 0.142. The number of nitrogens with two attached hydrogens (primary N) is 1. The molecule has 1 aliphatic heterocycles. The van der Waals surface area contributed by atoms with Crippen LogP contribution in [0, 0.1) is 11.3 Å². The molecule has 2 rings (SSSR count). The molecule has 4 nitrogen and oxygen atoms in total. The van der Waals surface area contributed by atoms with Gasteiger partial charge < -0.3 is 5.73 Å². The smallest absolute Gasteiger partial charge is 0.144 e. The Kier molecular flexibility index (Phi) is 2.44. The van der Waals surface area contributed by atoms with Gasteiger partial charge in [0.2, 0.25) is 0 Å². The van der Waals surface area contributed by atoms with E-state index in [0.717, 1.165) is 25.2 Å². The normalized spacial score (nSPS) is 17.4. The van der Waals surface area contributed by atoms with Crippen LogP contribution in [-0.2, 0) is 6.54 Å². The van der Waals surface area contributed by atoms with Crippen LogP contribution in [-0.4, -0.2) is 29.0 Å². The Morgan fingerprint density at radius 2 is 2.43 bits per heavy atom. The molecule has 14 heavy (non-hydrogen) atoms. The molecule has 1 aromatic rings. The van der Waals surface area contributed by atoms with Crippen LogP contribution in [0.15, 0.2) is 18.3 Å². The Balaban J connectivity index is 2.06. The molecule has 0 atom stereocenters. The van der Waals surface area contributed by atoms with Crippen molar-refractivity contribution >= 4 is 0 Å². The molecule has 2 heterocycles. The molecular weight excluding hydrogens is 176 g/mol. The Morgan fingerprint density at radius 1 is 1.64 bits per heavy atom. The predicted molar refractivity (Wildman–Crippen MR) is 52.2 cm³/mol. The van der Waals surface area contributed by atoms with Crippen molar-refractivity contribution in [2.45, 2.75) is 12.6 Å². The monoisotopic (exact) mass is 188 g/mol. The van der Waals surface area contributed by atoms with Crippen LogP contribution >= 0.6 is 0 Å². The number of nitriles is 1. The molecule has 4 heteroatoms. The van der Waals surface area contributed by atoms with Crippen molar-refractivity contribution in [1.82, 2.24) is 9.88 Å². The SMILES string of the molecule is N#Cc1ncccc1CN1CC(N)C1. The van der Waals surface area contributed by atoms with Gasteiger partial charge in [-0.2, -0.15) is 5.26 Å². The average molecular weight is 188 g/mol. The first kappa shape index (κ1) is 9.13. The van der Waals surface area contributed by atoms with E-state index < -0.39 is 0 Å². The highest BCUT2D eigenvalue weighted by Crippen LogP contribution is 2.13. The summed E-state index contributed by atoms with van der Waals surface area (Å²) < 4.78 is 0. The third-order valence-corrected chi connectivity index (χ3v) is 2.38. The van der Waals surface area contributed by atoms with Crippen LogP contribution in [0.1, 0.15) is 11.3 Å². The van der Waals surface area contributed by atoms with Gasteiger partial charge in [0.25, 0.3) is 0 Å². The van der Waals surface area contributed by atoms with E-state index in [1.807, 2.05) is 12.1 Å². The highest BCUT2D eigenvalue weighted by atomic mass is 15.2. The van der Waals surface area contributed by atoms with Crippen molar-refractivity contribution in [3.8, 4) is 6.07 Å². The van der Waals surface area contributed by atoms with Crippen molar-refractivity contribution < 1.29 is 0 Å². The molecule has 0 radical (unpaired) electrons. The summed E-state index contributed by atoms with van der Waals surface area (Å²) in [6.07, 6.45) is 1.64. The number of nitrogens with zero attached hydrogens (tertiary/aromatic N) is 3. The van der Waals surface area contributed by atoms with Crippen molar-refractivity contribution in [3.63, 3.8) is 0 Å². The van der Waals surface area contributed by atoms with Gasteiger partial charge in [0.1, 0.15) is 11.8 Å². The first-order valence-electron chi connectivity index (χ1n) is 4.61. The molecule has 1 aliphatic rings. The molecule has 0 amide bonds. The molecule has 2 N–H and O–H groups in total. The lowest BCUT2D eigenvalue weighted by atomic mass is 10.1. The van der Waals surface area contributed by atoms with Crippen LogP contribution in [0.4, 0.5) is 0 Å². The van der Waals surface area contributed by atoms with Crippen molar-refractivity contribution in [2.24, 2.45) is 5.73 Å². The third-order valence-electron chi connectivity index (χ3n) is 2.38. The van der Waals surface area contributed by atoms with Gasteiger partial charge in [0, 0.05) is 37.4 Å². The van der Waals surface area contributed by atoms with Crippen LogP contribution in [0.5, 0.6) is 0 Å². The van der Waals surface area contributed by atoms with Gasteiger partial charge in [-0.1, -0.05) is 6.07 Å². The van der Waals surface area contributed by atoms with E-state index in [-0.39, 0.29) is 0 Å². The molecule has 1 aromatic heterocycles. The minimum absolute atomic E-state index is 0.303. The molecule has 1 saturated heterocycles. The third kappa shape index (κ3) is 1.74. The van der Waals surface area contributed by atoms with E-state index in [2.05, 4.69) is 16.0 Å². The Morgan fingerprint density at radius 3 is 3.07 bits per heavy atom. The first-order valence-corrected chi connectivity index (χ1v) is 4.61. The second-order valence-electron chi connectivity index (χ2n) is 3.58. The Labute approximate surface area is 83.0 Å². The fraction of sp³-hybridized carbons (Fsp3) is 0.400. The maximum Gasteiger partial charge on any atom is 0.144 e. The molecule has 72 valence electrons. The molecule has 0 bridgehead atoms. The fourth-order valence-electron chi connectivity index (χ4n) is 1.65. The van der Waals surface area contributed by atoms with Crippen LogP contribution in [0.2, 0.25) is 0 Å². The van der Waals surface area contributed by atoms with E-state index in [1.54, 1.807) is 6.20 Å². The minimum atomic E-state index is 0.303. The summed E-state index contributed by atoms with van der Waals surface area (Å²) >= 11 is 0. The number of aromatic nitrogens is 1. The number of pyridine rings is 1. The molecule has 0 unspecified atom stereocenters. The topological polar surface area (TPSA) is 65.9 Å². The van der Waals surface area contributed by atoms with Crippen molar-refractivity contribution in [3.05, 3.63) is 29.6 Å². The van der Waals surface area contributed by atoms with Gasteiger partial charge in [-0.3, -0.25) is 4.90 Å². The molecule has 0 spiro atoms. The summed E-state index contributed by atoms with van der Waals surface area (Å²) in [4.78, 5) is 6.22. The first-order chi connectivity index (χ1) is 6.79. The predicted octanol–water partition coefficient (Wildman–Crippen LogP) is 0.0962. The quantitative estimate of drug-likeness (QED) is 0.714. The summed E-state index contributed by atoms with van der Waals surface area (Å²) in [6.45, 7) is 2.62. The molecular formula is C10H12N4. The second kappa shape index (κ2) is 3.74. The van der Waals surface area contributed by atoms with Crippen LogP contribution in [0.25, 0.3) is 0 Å². The lowest BCUT2D eigenvalue weighted by Crippen LogP contribution is -2.54. The summed E-state index contributed by atoms with van der Waals surface area (Å²) in [7, 11) is 0. The van der Waals surface area contributed by atoms with Gasteiger partial charge in [-0.25, -0.2) is 4.98 Å². The molecule has 1 fully saturated rings. The molecule has 0 aliphatic carbocycles. The average Bonchev–Trinajstić information content (AvgIpc) is 2.16. The molecule has 0 saturated carbocycles. The van der Waals surface area contributed by atoms with Gasteiger partial charge in [-0.15, -0.1) is 0 Å². The zero-order valence-corrected chi connectivity index (χ0v) is 7.85. The van der Waals surface area contributed by atoms with Crippen LogP contribution in [0.3, 0.4) is 0 Å². The number of likely N-dealkylation sites (tertiary alicyclic amines) is 1. The van der Waals surface area contributed by atoms with Gasteiger partial charge in [0.15, 0.2) is 0 Å². The highest BCUT2D eigenvalue weighted by Gasteiger charge is 2.23. The van der Waals surface area contributed by atoms with E-state index in [1.165, 1.54) is 0 Å². The fourth-order valence-corrected chi connectivity index (χ4v) is 1.65. The minimum Gasteiger partial charge on any atom is -0.325 e. The summed E-state index contributed by atoms with van der Waals surface area (Å²) in [6, 6.07) is 6.19. The highest BCUT2D eigenvalue weighted by molar-refractivity contribution is 5.30. The largest absolute Gasteiger partial charge is 0.325 e. The maximum atomic E-state index is 8.82. The van der Waals surface area contributed by atoms with E-state index >= 15 is 0 Å². The van der Waals surface area contributed by atoms with Gasteiger partial charge >= 0.3 is 0 Å². The standard InChI is InChI=1S/C10H12N4/c11-4-10-8(2-1-3-13-10)5-14-6-9(12)7-14/h1-3,9H,5-7,12H2. The van der Waals surface area contributed by atoms with Crippen molar-refractivity contribution in [1.29, 1.82) is 5.26 Å². The van der Waals surface area contributed by atoms with E-state index in [4.69, 9.17) is 11.0 Å². The van der Waals surface area contributed by atoms with Gasteiger partial charge in [-0.05, 0) is 6.07 Å². The Bertz CT molecular complexity index is 363. The Hall–Kier alpha value is -1.44. The van der Waals surface area contributed by atoms with Gasteiger partial charge in [0.05, 0.1) is 0 Å². The lowest BCUT2D eigenvalue weighted by Gasteiger charge is -2.36. The maximum absolute atomic E-state index is 8.82. The van der Waals surface area contributed by atoms with E-state index in [0.29, 0.717) is 11.7 Å². The summed E-state index contributed by atoms with van der Waals surface area (Å²) in [5.74, 6) is 0. The van der Waals surface area contributed by atoms with Crippen LogP contribution < -0.4 is 5.73 Å². The number of rotatable bonds is 2. The zero-order valence-electron chi connectivity index (χ0n) is 7.85. The molecule has 0 aromatic carbocycles. The van der Waals surface area contributed by atoms with Crippen molar-refractivity contribution in [2.75, 3.05) is 13.1 Å². The van der Waals surface area contributed by atoms with E-state index in [9.17, 15) is 0 Å². The number of hydrogen-bond donors (Lipinski definition) is 1. The number of hydrogen-bond acceptors (Lipinski definition) is 4. The summed E-state index contributed by atoms with van der Waals surface area (Å²) in [5, 5.41) is 8.82. The zero-order chi connectivity index (χ0) is 9.97. The second-order valence-corrected chi connectivity index (χ2v) is 3.58.